The van der Waals surface area contributed by atoms with Crippen LogP contribution in [0.3, 0.4) is 0 Å². The van der Waals surface area contributed by atoms with Gasteiger partial charge in [-0.25, -0.2) is 24.0 Å². The van der Waals surface area contributed by atoms with E-state index < -0.39 is 24.5 Å². The molecule has 1 aliphatic heterocycles. The maximum atomic E-state index is 12.8. The number of aromatic nitrogens is 5. The summed E-state index contributed by atoms with van der Waals surface area (Å²) in [5.41, 5.74) is 6.16. The van der Waals surface area contributed by atoms with Crippen LogP contribution in [0.2, 0.25) is 0 Å². The number of pyridine rings is 2. The van der Waals surface area contributed by atoms with Gasteiger partial charge in [0.1, 0.15) is 18.8 Å². The topological polar surface area (TPSA) is 133 Å². The summed E-state index contributed by atoms with van der Waals surface area (Å²) in [7, 11) is 0. The van der Waals surface area contributed by atoms with E-state index >= 15 is 0 Å². The fraction of sp³-hybridized carbons (Fsp3) is 0.238. The van der Waals surface area contributed by atoms with Crippen LogP contribution in [0.4, 0.5) is 14.6 Å². The van der Waals surface area contributed by atoms with Gasteiger partial charge in [0.05, 0.1) is 6.54 Å². The molecular formula is C21H19F2N7O3. The zero-order valence-electron chi connectivity index (χ0n) is 17.4. The first kappa shape index (κ1) is 22.1. The van der Waals surface area contributed by atoms with Gasteiger partial charge in [0.15, 0.2) is 17.8 Å². The molecule has 0 amide bonds. The normalized spacial score (nSPS) is 14.4. The maximum absolute atomic E-state index is 12.8. The first-order valence-electron chi connectivity index (χ1n) is 9.79. The molecule has 0 aliphatic carbocycles. The molecule has 1 aliphatic rings. The Balaban J connectivity index is 1.56. The highest BCUT2D eigenvalue weighted by molar-refractivity contribution is 5.56. The Kier molecular flexibility index (Phi) is 6.16. The number of fused-ring (bicyclic) bond motifs is 1. The van der Waals surface area contributed by atoms with Crippen molar-refractivity contribution in [1.82, 2.24) is 24.3 Å². The molecule has 3 aromatic heterocycles. The molecule has 0 aromatic carbocycles. The van der Waals surface area contributed by atoms with Crippen LogP contribution in [0.25, 0.3) is 5.82 Å². The van der Waals surface area contributed by atoms with Crippen molar-refractivity contribution in [1.29, 1.82) is 0 Å². The summed E-state index contributed by atoms with van der Waals surface area (Å²) in [4.78, 5) is 21.1. The van der Waals surface area contributed by atoms with Gasteiger partial charge in [0.25, 0.3) is 6.08 Å². The highest BCUT2D eigenvalue weighted by Crippen LogP contribution is 2.26. The Morgan fingerprint density at radius 1 is 1.30 bits per heavy atom. The van der Waals surface area contributed by atoms with E-state index in [-0.39, 0.29) is 18.7 Å². The van der Waals surface area contributed by atoms with Crippen LogP contribution >= 0.6 is 0 Å². The number of anilines is 1. The number of nitrogens with one attached hydrogen (secondary N) is 1. The summed E-state index contributed by atoms with van der Waals surface area (Å²) in [6.07, 6.45) is 1.53. The Labute approximate surface area is 186 Å². The monoisotopic (exact) mass is 455 g/mol. The van der Waals surface area contributed by atoms with Crippen LogP contribution in [0, 0.1) is 18.8 Å². The average molecular weight is 455 g/mol. The lowest BCUT2D eigenvalue weighted by Crippen LogP contribution is -2.31. The molecule has 170 valence electrons. The van der Waals surface area contributed by atoms with Crippen molar-refractivity contribution in [2.75, 3.05) is 18.5 Å². The van der Waals surface area contributed by atoms with Crippen LogP contribution in [-0.2, 0) is 6.54 Å². The first-order chi connectivity index (χ1) is 15.9. The summed E-state index contributed by atoms with van der Waals surface area (Å²) in [6, 6.07) is 3.45. The lowest BCUT2D eigenvalue weighted by Gasteiger charge is -2.22. The van der Waals surface area contributed by atoms with E-state index in [4.69, 9.17) is 10.5 Å². The zero-order chi connectivity index (χ0) is 23.5. The molecule has 12 heteroatoms. The van der Waals surface area contributed by atoms with Crippen LogP contribution in [0.5, 0.6) is 5.75 Å². The predicted molar refractivity (Wildman–Crippen MR) is 114 cm³/mol. The minimum absolute atomic E-state index is 0.110. The number of aliphatic hydroxyl groups excluding tert-OH is 1. The SMILES string of the molecule is Cc1cc(C#Cc2cnc3c(c2)OCC(O)N3)cnc1-n1cnn(CC(CN)=C(F)F)c1=O. The Hall–Kier alpha value is -4.08. The molecule has 0 spiro atoms. The first-order valence-corrected chi connectivity index (χ1v) is 9.79. The lowest BCUT2D eigenvalue weighted by atomic mass is 10.2. The fourth-order valence-electron chi connectivity index (χ4n) is 3.11. The third-order valence-corrected chi connectivity index (χ3v) is 4.77. The summed E-state index contributed by atoms with van der Waals surface area (Å²) in [6.45, 7) is 1.07. The van der Waals surface area contributed by atoms with Gasteiger partial charge in [-0.2, -0.15) is 13.9 Å². The molecule has 0 fully saturated rings. The predicted octanol–water partition coefficient (Wildman–Crippen LogP) is 0.764. The minimum atomic E-state index is -1.93. The molecular weight excluding hydrogens is 436 g/mol. The Morgan fingerprint density at radius 2 is 2.03 bits per heavy atom. The molecule has 4 heterocycles. The highest BCUT2D eigenvalue weighted by Gasteiger charge is 2.17. The second kappa shape index (κ2) is 9.19. The van der Waals surface area contributed by atoms with E-state index in [9.17, 15) is 18.7 Å². The molecule has 0 saturated carbocycles. The molecule has 0 radical (unpaired) electrons. The van der Waals surface area contributed by atoms with Crippen LogP contribution < -0.4 is 21.5 Å². The van der Waals surface area contributed by atoms with Gasteiger partial charge in [0.2, 0.25) is 0 Å². The van der Waals surface area contributed by atoms with Crippen molar-refractivity contribution >= 4 is 5.82 Å². The Morgan fingerprint density at radius 3 is 2.73 bits per heavy atom. The molecule has 4 rings (SSSR count). The second-order valence-electron chi connectivity index (χ2n) is 7.17. The van der Waals surface area contributed by atoms with Crippen molar-refractivity contribution < 1.29 is 18.6 Å². The quantitative estimate of drug-likeness (QED) is 0.491. The van der Waals surface area contributed by atoms with Crippen molar-refractivity contribution in [2.24, 2.45) is 5.73 Å². The maximum Gasteiger partial charge on any atom is 0.351 e. The smallest absolute Gasteiger partial charge is 0.351 e. The van der Waals surface area contributed by atoms with Crippen LogP contribution in [0.15, 0.2) is 47.3 Å². The van der Waals surface area contributed by atoms with Gasteiger partial charge in [-0.05, 0) is 18.6 Å². The number of rotatable bonds is 4. The Bertz CT molecular complexity index is 1350. The van der Waals surface area contributed by atoms with Crippen molar-refractivity contribution in [3.63, 3.8) is 0 Å². The third kappa shape index (κ3) is 4.74. The molecule has 3 aromatic rings. The molecule has 33 heavy (non-hydrogen) atoms. The van der Waals surface area contributed by atoms with E-state index in [1.807, 2.05) is 0 Å². The van der Waals surface area contributed by atoms with E-state index in [2.05, 4.69) is 32.2 Å². The summed E-state index contributed by atoms with van der Waals surface area (Å²) in [5.74, 6) is 7.18. The van der Waals surface area contributed by atoms with Crippen molar-refractivity contribution in [2.45, 2.75) is 19.7 Å². The van der Waals surface area contributed by atoms with Gasteiger partial charge < -0.3 is 20.9 Å². The summed E-state index contributed by atoms with van der Waals surface area (Å²) >= 11 is 0. The van der Waals surface area contributed by atoms with Gasteiger partial charge in [-0.1, -0.05) is 11.8 Å². The van der Waals surface area contributed by atoms with E-state index in [0.717, 1.165) is 4.68 Å². The summed E-state index contributed by atoms with van der Waals surface area (Å²) in [5, 5.41) is 16.2. The van der Waals surface area contributed by atoms with Crippen LogP contribution in [0.1, 0.15) is 16.7 Å². The lowest BCUT2D eigenvalue weighted by molar-refractivity contribution is 0.118. The average Bonchev–Trinajstić information content (AvgIpc) is 3.15. The van der Waals surface area contributed by atoms with E-state index in [0.29, 0.717) is 34.1 Å². The van der Waals surface area contributed by atoms with E-state index in [1.54, 1.807) is 25.3 Å². The van der Waals surface area contributed by atoms with Gasteiger partial charge in [-0.15, -0.1) is 0 Å². The van der Waals surface area contributed by atoms with Crippen molar-refractivity contribution in [3.05, 3.63) is 69.7 Å². The standard InChI is InChI=1S/C21H19F2N7O3/c1-12-4-13(2-3-14-5-16-19(25-7-14)28-17(31)10-33-16)8-26-20(12)29-11-27-30(21(29)32)9-15(6-24)18(22)23/h4-5,7-8,11,17,31H,6,9-10,24H2,1H3,(H,25,28). The second-order valence-corrected chi connectivity index (χ2v) is 7.17. The number of hydrogen-bond acceptors (Lipinski definition) is 8. The zero-order valence-corrected chi connectivity index (χ0v) is 17.4. The molecule has 0 bridgehead atoms. The fourth-order valence-corrected chi connectivity index (χ4v) is 3.11. The molecule has 4 N–H and O–H groups in total. The van der Waals surface area contributed by atoms with Crippen molar-refractivity contribution in [3.8, 4) is 23.4 Å². The number of aliphatic hydroxyl groups is 1. The minimum Gasteiger partial charge on any atom is -0.485 e. The number of aryl methyl sites for hydroxylation is 1. The number of nitrogens with zero attached hydrogens (tertiary/aromatic N) is 5. The number of halogens is 2. The van der Waals surface area contributed by atoms with Crippen LogP contribution in [-0.4, -0.2) is 48.8 Å². The van der Waals surface area contributed by atoms with Gasteiger partial charge in [-0.3, -0.25) is 0 Å². The van der Waals surface area contributed by atoms with E-state index in [1.165, 1.54) is 17.1 Å². The molecule has 1 atom stereocenters. The number of hydrogen-bond donors (Lipinski definition) is 3. The largest absolute Gasteiger partial charge is 0.485 e. The number of nitrogens with two attached hydrogens (primary N) is 1. The molecule has 0 saturated heterocycles. The molecule has 1 unspecified atom stereocenters. The van der Waals surface area contributed by atoms with Gasteiger partial charge in [0, 0.05) is 41.7 Å². The third-order valence-electron chi connectivity index (χ3n) is 4.77. The molecule has 10 nitrogen and oxygen atoms in total. The van der Waals surface area contributed by atoms with Gasteiger partial charge >= 0.3 is 5.69 Å². The summed E-state index contributed by atoms with van der Waals surface area (Å²) < 4.78 is 33.2. The highest BCUT2D eigenvalue weighted by atomic mass is 19.3. The number of ether oxygens (including phenoxy) is 1.